The highest BCUT2D eigenvalue weighted by Gasteiger charge is 2.28. The normalized spacial score (nSPS) is 13.7. The molecular weight excluding hydrogens is 757 g/mol. The van der Waals surface area contributed by atoms with Crippen LogP contribution in [0.15, 0.2) is 12.2 Å². The largest absolute Gasteiger partial charge is 0.480 e. The molecule has 0 saturated heterocycles. The molecule has 3 unspecified atom stereocenters. The Bertz CT molecular complexity index is 1040. The summed E-state index contributed by atoms with van der Waals surface area (Å²) in [6.45, 7) is 2.61. The molecule has 11 nitrogen and oxygen atoms in total. The molecule has 58 heavy (non-hydrogen) atoms. The summed E-state index contributed by atoms with van der Waals surface area (Å²) < 4.78 is 26.9. The van der Waals surface area contributed by atoms with Gasteiger partial charge < -0.3 is 25.2 Å². The number of allylic oxidation sites excluding steroid dienone is 2. The number of rotatable bonds is 45. The average molecular weight is 846 g/mol. The Morgan fingerprint density at radius 1 is 0.534 bits per heavy atom. The van der Waals surface area contributed by atoms with Gasteiger partial charge in [0.05, 0.1) is 13.2 Å². The number of aliphatic carboxylic acids is 1. The van der Waals surface area contributed by atoms with Gasteiger partial charge in [0.2, 0.25) is 5.91 Å². The first-order valence-electron chi connectivity index (χ1n) is 23.7. The second-order valence-electron chi connectivity index (χ2n) is 16.3. The van der Waals surface area contributed by atoms with Crippen molar-refractivity contribution >= 4 is 25.7 Å². The van der Waals surface area contributed by atoms with E-state index >= 15 is 0 Å². The van der Waals surface area contributed by atoms with Gasteiger partial charge >= 0.3 is 19.8 Å². The zero-order valence-electron chi connectivity index (χ0n) is 37.1. The van der Waals surface area contributed by atoms with Crippen molar-refractivity contribution in [1.82, 2.24) is 5.32 Å². The minimum Gasteiger partial charge on any atom is -0.480 e. The summed E-state index contributed by atoms with van der Waals surface area (Å²) in [4.78, 5) is 46.0. The molecule has 0 bridgehead atoms. The van der Waals surface area contributed by atoms with E-state index in [9.17, 15) is 34.1 Å². The molecule has 0 aromatic rings. The van der Waals surface area contributed by atoms with Gasteiger partial charge in [-0.1, -0.05) is 193 Å². The van der Waals surface area contributed by atoms with Crippen molar-refractivity contribution in [2.24, 2.45) is 0 Å². The predicted octanol–water partition coefficient (Wildman–Crippen LogP) is 12.5. The number of aliphatic hydroxyl groups excluding tert-OH is 1. The quantitative estimate of drug-likeness (QED) is 0.0200. The first-order valence-corrected chi connectivity index (χ1v) is 25.2. The molecule has 0 saturated carbocycles. The van der Waals surface area contributed by atoms with Crippen LogP contribution in [0, 0.1) is 0 Å². The van der Waals surface area contributed by atoms with Crippen LogP contribution in [-0.4, -0.2) is 64.9 Å². The molecule has 0 radical (unpaired) electrons. The van der Waals surface area contributed by atoms with E-state index in [1.54, 1.807) is 0 Å². The third kappa shape index (κ3) is 41.0. The first-order chi connectivity index (χ1) is 28.1. The summed E-state index contributed by atoms with van der Waals surface area (Å²) >= 11 is 0. The maximum atomic E-state index is 12.3. The minimum absolute atomic E-state index is 0.139. The number of carbonyl (C=O) groups is 3. The molecule has 1 amide bonds. The maximum absolute atomic E-state index is 12.3. The van der Waals surface area contributed by atoms with Gasteiger partial charge in [0.1, 0.15) is 12.7 Å². The molecule has 0 heterocycles. The van der Waals surface area contributed by atoms with Crippen LogP contribution in [0.25, 0.3) is 0 Å². The summed E-state index contributed by atoms with van der Waals surface area (Å²) in [5, 5.41) is 21.9. The van der Waals surface area contributed by atoms with E-state index in [1.807, 2.05) is 0 Å². The van der Waals surface area contributed by atoms with E-state index in [0.29, 0.717) is 12.8 Å². The fraction of sp³-hybridized carbons (Fsp3) is 0.891. The van der Waals surface area contributed by atoms with Gasteiger partial charge in [-0.2, -0.15) is 0 Å². The Balaban J connectivity index is 3.83. The smallest absolute Gasteiger partial charge is 0.472 e. The number of unbranched alkanes of at least 4 members (excludes halogenated alkanes) is 29. The number of ether oxygens (including phenoxy) is 1. The van der Waals surface area contributed by atoms with Gasteiger partial charge in [-0.15, -0.1) is 0 Å². The van der Waals surface area contributed by atoms with E-state index in [0.717, 1.165) is 57.8 Å². The van der Waals surface area contributed by atoms with E-state index < -0.39 is 57.6 Å². The topological polar surface area (TPSA) is 169 Å². The van der Waals surface area contributed by atoms with Crippen molar-refractivity contribution in [3.8, 4) is 0 Å². The monoisotopic (exact) mass is 846 g/mol. The van der Waals surface area contributed by atoms with E-state index in [2.05, 4.69) is 31.3 Å². The minimum atomic E-state index is -4.75. The molecule has 0 aromatic heterocycles. The van der Waals surface area contributed by atoms with Crippen LogP contribution in [0.2, 0.25) is 0 Å². The standard InChI is InChI=1S/C46H88NO10P/c1-3-5-7-9-11-13-15-17-19-20-21-22-24-26-28-30-32-34-36-38-45(50)55-39-42(48)40-56-58(53,54)57-41-43(46(51)52)47-44(49)37-35-33-31-29-27-25-23-18-16-14-12-10-8-6-4-2/h18,23,42-43,48H,3-17,19-22,24-41H2,1-2H3,(H,47,49)(H,51,52)(H,53,54)/b23-18-. The first kappa shape index (κ1) is 56.2. The Kier molecular flexibility index (Phi) is 40.6. The number of hydrogen-bond acceptors (Lipinski definition) is 8. The van der Waals surface area contributed by atoms with Gasteiger partial charge in [-0.05, 0) is 38.5 Å². The summed E-state index contributed by atoms with van der Waals surface area (Å²) in [7, 11) is -4.75. The van der Waals surface area contributed by atoms with E-state index in [1.165, 1.54) is 135 Å². The van der Waals surface area contributed by atoms with E-state index in [4.69, 9.17) is 13.8 Å². The number of carboxylic acids is 1. The Labute approximate surface area is 354 Å². The Morgan fingerprint density at radius 2 is 0.897 bits per heavy atom. The molecule has 4 N–H and O–H groups in total. The van der Waals surface area contributed by atoms with Crippen LogP contribution in [0.1, 0.15) is 232 Å². The molecule has 0 fully saturated rings. The van der Waals surface area contributed by atoms with Crippen LogP contribution >= 0.6 is 7.82 Å². The average Bonchev–Trinajstić information content (AvgIpc) is 3.20. The number of amides is 1. The number of carbonyl (C=O) groups excluding carboxylic acids is 2. The summed E-state index contributed by atoms with van der Waals surface area (Å²) in [6.07, 6.45) is 42.3. The zero-order chi connectivity index (χ0) is 42.8. The molecule has 12 heteroatoms. The van der Waals surface area contributed by atoms with Crippen molar-refractivity contribution in [2.75, 3.05) is 19.8 Å². The van der Waals surface area contributed by atoms with Crippen molar-refractivity contribution in [3.63, 3.8) is 0 Å². The number of esters is 1. The second kappa shape index (κ2) is 41.9. The van der Waals surface area contributed by atoms with Crippen LogP contribution in [0.5, 0.6) is 0 Å². The van der Waals surface area contributed by atoms with Gasteiger partial charge in [-0.25, -0.2) is 9.36 Å². The molecule has 0 aliphatic carbocycles. The zero-order valence-corrected chi connectivity index (χ0v) is 38.0. The molecule has 0 spiro atoms. The molecule has 342 valence electrons. The fourth-order valence-corrected chi connectivity index (χ4v) is 7.61. The fourth-order valence-electron chi connectivity index (χ4n) is 6.84. The van der Waals surface area contributed by atoms with Crippen LogP contribution in [0.3, 0.4) is 0 Å². The molecule has 0 aliphatic heterocycles. The third-order valence-electron chi connectivity index (χ3n) is 10.6. The Morgan fingerprint density at radius 3 is 1.31 bits per heavy atom. The van der Waals surface area contributed by atoms with Crippen molar-refractivity contribution in [3.05, 3.63) is 12.2 Å². The predicted molar refractivity (Wildman–Crippen MR) is 236 cm³/mol. The number of hydrogen-bond donors (Lipinski definition) is 4. The number of phosphoric ester groups is 1. The molecule has 3 atom stereocenters. The lowest BCUT2D eigenvalue weighted by Crippen LogP contribution is -2.43. The van der Waals surface area contributed by atoms with Gasteiger partial charge in [-0.3, -0.25) is 18.6 Å². The summed E-state index contributed by atoms with van der Waals surface area (Å²) in [5.74, 6) is -2.37. The molecular formula is C46H88NO10P. The number of phosphoric acid groups is 1. The summed E-state index contributed by atoms with van der Waals surface area (Å²) in [6, 6.07) is -1.55. The lowest BCUT2D eigenvalue weighted by Gasteiger charge is -2.18. The lowest BCUT2D eigenvalue weighted by atomic mass is 10.0. The van der Waals surface area contributed by atoms with Crippen LogP contribution in [0.4, 0.5) is 0 Å². The number of aliphatic hydroxyl groups is 1. The van der Waals surface area contributed by atoms with Crippen LogP contribution in [-0.2, 0) is 32.7 Å². The summed E-state index contributed by atoms with van der Waals surface area (Å²) in [5.41, 5.74) is 0. The number of carboxylic acid groups (broad SMARTS) is 1. The van der Waals surface area contributed by atoms with Gasteiger partial charge in [0.15, 0.2) is 6.04 Å². The highest BCUT2D eigenvalue weighted by molar-refractivity contribution is 7.47. The van der Waals surface area contributed by atoms with Crippen LogP contribution < -0.4 is 5.32 Å². The number of nitrogens with one attached hydrogen (secondary N) is 1. The highest BCUT2D eigenvalue weighted by atomic mass is 31.2. The lowest BCUT2D eigenvalue weighted by molar-refractivity contribution is -0.147. The van der Waals surface area contributed by atoms with Gasteiger partial charge in [0.25, 0.3) is 0 Å². The highest BCUT2D eigenvalue weighted by Crippen LogP contribution is 2.43. The molecule has 0 aliphatic rings. The maximum Gasteiger partial charge on any atom is 0.472 e. The second-order valence-corrected chi connectivity index (χ2v) is 17.8. The third-order valence-corrected chi connectivity index (χ3v) is 11.5. The Hall–Kier alpha value is -1.78. The van der Waals surface area contributed by atoms with Crippen molar-refractivity contribution in [2.45, 2.75) is 244 Å². The van der Waals surface area contributed by atoms with Crippen molar-refractivity contribution < 1.29 is 47.8 Å². The molecule has 0 rings (SSSR count). The van der Waals surface area contributed by atoms with E-state index in [-0.39, 0.29) is 12.8 Å². The van der Waals surface area contributed by atoms with Gasteiger partial charge in [0, 0.05) is 12.8 Å². The molecule has 0 aromatic carbocycles. The SMILES string of the molecule is CCCCCCCC/C=C\CCCCCCCC(=O)NC(COP(=O)(O)OCC(O)COC(=O)CCCCCCCCCCCCCCCCCCCCC)C(=O)O. The van der Waals surface area contributed by atoms with Crippen molar-refractivity contribution in [1.29, 1.82) is 0 Å².